The Morgan fingerprint density at radius 3 is 1.86 bits per heavy atom. The summed E-state index contributed by atoms with van der Waals surface area (Å²) in [5.41, 5.74) is 0.134. The fraction of sp³-hybridized carbons (Fsp3) is 1.00. The lowest BCUT2D eigenvalue weighted by molar-refractivity contribution is -0.0178. The van der Waals surface area contributed by atoms with Gasteiger partial charge in [-0.05, 0) is 48.0 Å². The maximum Gasteiger partial charge on any atom is 0.0626 e. The second-order valence-corrected chi connectivity index (χ2v) is 5.92. The third kappa shape index (κ3) is 8.52. The Balaban J connectivity index is 3.93. The molecule has 86 valence electrons. The van der Waals surface area contributed by atoms with Gasteiger partial charge in [0.1, 0.15) is 0 Å². The number of rotatable bonds is 4. The van der Waals surface area contributed by atoms with Crippen molar-refractivity contribution in [3.05, 3.63) is 0 Å². The van der Waals surface area contributed by atoms with E-state index < -0.39 is 0 Å². The maximum absolute atomic E-state index is 5.77. The van der Waals surface area contributed by atoms with Gasteiger partial charge in [-0.3, -0.25) is 0 Å². The van der Waals surface area contributed by atoms with Crippen molar-refractivity contribution in [2.75, 3.05) is 6.61 Å². The number of nitrogens with one attached hydrogen (secondary N) is 1. The molecular formula is C12H27NO. The van der Waals surface area contributed by atoms with Gasteiger partial charge in [-0.1, -0.05) is 6.92 Å². The molecule has 0 amide bonds. The van der Waals surface area contributed by atoms with Gasteiger partial charge in [0.15, 0.2) is 0 Å². The predicted molar refractivity (Wildman–Crippen MR) is 62.7 cm³/mol. The Bertz CT molecular complexity index is 153. The smallest absolute Gasteiger partial charge is 0.0626 e. The molecule has 2 heteroatoms. The fourth-order valence-electron chi connectivity index (χ4n) is 1.22. The zero-order valence-electron chi connectivity index (χ0n) is 10.9. The molecule has 0 heterocycles. The van der Waals surface area contributed by atoms with Crippen LogP contribution >= 0.6 is 0 Å². The molecule has 2 nitrogen and oxygen atoms in total. The zero-order valence-corrected chi connectivity index (χ0v) is 10.9. The van der Waals surface area contributed by atoms with Gasteiger partial charge in [0, 0.05) is 11.6 Å². The minimum atomic E-state index is -0.0347. The van der Waals surface area contributed by atoms with Gasteiger partial charge in [0.2, 0.25) is 0 Å². The van der Waals surface area contributed by atoms with Crippen molar-refractivity contribution >= 4 is 0 Å². The minimum Gasteiger partial charge on any atom is -0.374 e. The lowest BCUT2D eigenvalue weighted by Gasteiger charge is -2.30. The molecule has 1 atom stereocenters. The highest BCUT2D eigenvalue weighted by Crippen LogP contribution is 2.10. The molecule has 0 aliphatic rings. The van der Waals surface area contributed by atoms with E-state index >= 15 is 0 Å². The van der Waals surface area contributed by atoms with Crippen molar-refractivity contribution in [1.29, 1.82) is 0 Å². The first kappa shape index (κ1) is 13.9. The highest BCUT2D eigenvalue weighted by atomic mass is 16.5. The second kappa shape index (κ2) is 5.13. The molecule has 0 saturated carbocycles. The Morgan fingerprint density at radius 1 is 1.07 bits per heavy atom. The number of hydrogen-bond acceptors (Lipinski definition) is 2. The van der Waals surface area contributed by atoms with E-state index in [1.807, 2.05) is 0 Å². The van der Waals surface area contributed by atoms with Crippen LogP contribution < -0.4 is 5.32 Å². The Morgan fingerprint density at radius 2 is 1.57 bits per heavy atom. The minimum absolute atomic E-state index is 0.0347. The Kier molecular flexibility index (Phi) is 5.10. The van der Waals surface area contributed by atoms with Gasteiger partial charge in [0.25, 0.3) is 0 Å². The van der Waals surface area contributed by atoms with E-state index in [0.29, 0.717) is 6.04 Å². The van der Waals surface area contributed by atoms with Gasteiger partial charge in [-0.15, -0.1) is 0 Å². The average molecular weight is 201 g/mol. The molecule has 0 spiro atoms. The first-order valence-electron chi connectivity index (χ1n) is 5.56. The number of ether oxygens (including phenoxy) is 1. The van der Waals surface area contributed by atoms with Crippen LogP contribution in [0.15, 0.2) is 0 Å². The third-order valence-electron chi connectivity index (χ3n) is 1.85. The summed E-state index contributed by atoms with van der Waals surface area (Å²) in [5, 5.41) is 3.55. The molecule has 0 aliphatic carbocycles. The fourth-order valence-corrected chi connectivity index (χ4v) is 1.22. The second-order valence-electron chi connectivity index (χ2n) is 5.92. The molecule has 14 heavy (non-hydrogen) atoms. The summed E-state index contributed by atoms with van der Waals surface area (Å²) in [6.07, 6.45) is 1.10. The maximum atomic E-state index is 5.77. The van der Waals surface area contributed by atoms with E-state index in [-0.39, 0.29) is 11.1 Å². The third-order valence-corrected chi connectivity index (χ3v) is 1.85. The summed E-state index contributed by atoms with van der Waals surface area (Å²) in [7, 11) is 0. The Labute approximate surface area is 89.4 Å². The van der Waals surface area contributed by atoms with Crippen LogP contribution in [0, 0.1) is 0 Å². The predicted octanol–water partition coefficient (Wildman–Crippen LogP) is 2.97. The van der Waals surface area contributed by atoms with E-state index in [1.165, 1.54) is 0 Å². The monoisotopic (exact) mass is 201 g/mol. The summed E-state index contributed by atoms with van der Waals surface area (Å²) < 4.78 is 5.77. The molecule has 0 aliphatic heterocycles. The van der Waals surface area contributed by atoms with Crippen molar-refractivity contribution < 1.29 is 4.74 Å². The van der Waals surface area contributed by atoms with Gasteiger partial charge in [0.05, 0.1) is 12.2 Å². The van der Waals surface area contributed by atoms with E-state index in [9.17, 15) is 0 Å². The molecule has 0 fully saturated rings. The lowest BCUT2D eigenvalue weighted by Crippen LogP contribution is -2.46. The van der Waals surface area contributed by atoms with E-state index in [0.717, 1.165) is 13.0 Å². The molecule has 1 N–H and O–H groups in total. The summed E-state index contributed by atoms with van der Waals surface area (Å²) in [6.45, 7) is 15.8. The lowest BCUT2D eigenvalue weighted by atomic mass is 10.1. The normalized spacial score (nSPS) is 15.6. The van der Waals surface area contributed by atoms with Crippen LogP contribution in [0.1, 0.15) is 54.9 Å². The summed E-state index contributed by atoms with van der Waals surface area (Å²) in [6, 6.07) is 0.453. The summed E-state index contributed by atoms with van der Waals surface area (Å²) >= 11 is 0. The van der Waals surface area contributed by atoms with Crippen LogP contribution in [0.3, 0.4) is 0 Å². The van der Waals surface area contributed by atoms with Crippen LogP contribution in [0.5, 0.6) is 0 Å². The summed E-state index contributed by atoms with van der Waals surface area (Å²) in [4.78, 5) is 0. The van der Waals surface area contributed by atoms with E-state index in [1.54, 1.807) is 0 Å². The van der Waals surface area contributed by atoms with Crippen molar-refractivity contribution in [1.82, 2.24) is 5.32 Å². The first-order valence-corrected chi connectivity index (χ1v) is 5.56. The topological polar surface area (TPSA) is 21.3 Å². The van der Waals surface area contributed by atoms with Crippen LogP contribution in [0.4, 0.5) is 0 Å². The van der Waals surface area contributed by atoms with E-state index in [2.05, 4.69) is 53.8 Å². The van der Waals surface area contributed by atoms with E-state index in [4.69, 9.17) is 4.74 Å². The van der Waals surface area contributed by atoms with Crippen LogP contribution in [-0.4, -0.2) is 23.8 Å². The SMILES string of the molecule is CC[C@H](COC(C)(C)C)NC(C)(C)C. The molecule has 0 radical (unpaired) electrons. The molecule has 0 saturated heterocycles. The molecular weight excluding hydrogens is 174 g/mol. The average Bonchev–Trinajstić information content (AvgIpc) is 1.94. The Hall–Kier alpha value is -0.0800. The van der Waals surface area contributed by atoms with Crippen molar-refractivity contribution in [3.8, 4) is 0 Å². The van der Waals surface area contributed by atoms with Gasteiger partial charge < -0.3 is 10.1 Å². The molecule has 0 aromatic heterocycles. The summed E-state index contributed by atoms with van der Waals surface area (Å²) in [5.74, 6) is 0. The van der Waals surface area contributed by atoms with Gasteiger partial charge in [-0.2, -0.15) is 0 Å². The van der Waals surface area contributed by atoms with Crippen LogP contribution in [-0.2, 0) is 4.74 Å². The highest BCUT2D eigenvalue weighted by molar-refractivity contribution is 4.77. The molecule has 0 rings (SSSR count). The highest BCUT2D eigenvalue weighted by Gasteiger charge is 2.18. The van der Waals surface area contributed by atoms with Crippen molar-refractivity contribution in [2.45, 2.75) is 72.1 Å². The van der Waals surface area contributed by atoms with Crippen LogP contribution in [0.25, 0.3) is 0 Å². The van der Waals surface area contributed by atoms with Crippen LogP contribution in [0.2, 0.25) is 0 Å². The van der Waals surface area contributed by atoms with Crippen molar-refractivity contribution in [3.63, 3.8) is 0 Å². The standard InChI is InChI=1S/C12H27NO/c1-8-10(13-11(2,3)4)9-14-12(5,6)7/h10,13H,8-9H2,1-7H3/t10-/m1/s1. The molecule has 0 aromatic carbocycles. The van der Waals surface area contributed by atoms with Crippen molar-refractivity contribution in [2.24, 2.45) is 0 Å². The molecule has 0 aromatic rings. The number of hydrogen-bond donors (Lipinski definition) is 1. The van der Waals surface area contributed by atoms with Gasteiger partial charge in [-0.25, -0.2) is 0 Å². The molecule has 0 bridgehead atoms. The largest absolute Gasteiger partial charge is 0.374 e. The quantitative estimate of drug-likeness (QED) is 0.755. The zero-order chi connectivity index (χ0) is 11.4. The first-order chi connectivity index (χ1) is 6.14. The van der Waals surface area contributed by atoms with Gasteiger partial charge >= 0.3 is 0 Å². The molecule has 0 unspecified atom stereocenters.